The van der Waals surface area contributed by atoms with Crippen molar-refractivity contribution in [3.63, 3.8) is 0 Å². The monoisotopic (exact) mass is 474 g/mol. The second kappa shape index (κ2) is 10.3. The molecule has 174 valence electrons. The van der Waals surface area contributed by atoms with Crippen molar-refractivity contribution in [2.24, 2.45) is 0 Å². The first kappa shape index (κ1) is 23.9. The lowest BCUT2D eigenvalue weighted by molar-refractivity contribution is 0.101. The predicted molar refractivity (Wildman–Crippen MR) is 122 cm³/mol. The van der Waals surface area contributed by atoms with E-state index in [2.05, 4.69) is 15.1 Å². The lowest BCUT2D eigenvalue weighted by Crippen LogP contribution is -2.26. The number of ether oxygens (including phenoxy) is 1. The molecule has 0 spiro atoms. The largest absolute Gasteiger partial charge is 0.495 e. The maximum atomic E-state index is 13.1. The third kappa shape index (κ3) is 5.95. The lowest BCUT2D eigenvalue weighted by Gasteiger charge is -2.14. The van der Waals surface area contributed by atoms with Crippen LogP contribution in [0.4, 0.5) is 15.8 Å². The molecule has 1 heterocycles. The number of amides is 1. The van der Waals surface area contributed by atoms with E-state index in [0.717, 1.165) is 37.1 Å². The molecule has 1 amide bonds. The molecule has 3 aromatic rings. The number of hydrogen-bond donors (Lipinski definition) is 2. The summed E-state index contributed by atoms with van der Waals surface area (Å²) in [7, 11) is -2.67. The molecular weight excluding hydrogens is 451 g/mol. The Labute approximate surface area is 190 Å². The quantitative estimate of drug-likeness (QED) is 0.491. The van der Waals surface area contributed by atoms with Crippen LogP contribution in [0.25, 0.3) is 0 Å². The molecule has 0 aliphatic carbocycles. The van der Waals surface area contributed by atoms with Gasteiger partial charge in [0.15, 0.2) is 0 Å². The number of rotatable bonds is 9. The highest BCUT2D eigenvalue weighted by atomic mass is 32.2. The minimum absolute atomic E-state index is 0.0370. The maximum absolute atomic E-state index is 13.1. The number of hydrogen-bond acceptors (Lipinski definition) is 6. The van der Waals surface area contributed by atoms with Crippen molar-refractivity contribution >= 4 is 27.3 Å². The van der Waals surface area contributed by atoms with Crippen molar-refractivity contribution < 1.29 is 22.3 Å². The molecule has 33 heavy (non-hydrogen) atoms. The standard InChI is InChI=1S/C22H23FN4O5S/c1-3-4-13-27-21(28)12-10-18(25-27)22(29)24-16-7-11-20(32-2)19(14-16)26-33(30,31)17-8-5-15(23)6-9-17/h5-12,14,26H,3-4,13H2,1-2H3,(H,24,29). The zero-order valence-corrected chi connectivity index (χ0v) is 18.9. The van der Waals surface area contributed by atoms with Gasteiger partial charge in [-0.3, -0.25) is 14.3 Å². The number of nitrogens with one attached hydrogen (secondary N) is 2. The molecule has 0 aliphatic heterocycles. The van der Waals surface area contributed by atoms with Crippen LogP contribution in [0.3, 0.4) is 0 Å². The van der Waals surface area contributed by atoms with Crippen LogP contribution in [0.1, 0.15) is 30.3 Å². The first-order valence-electron chi connectivity index (χ1n) is 10.1. The molecule has 3 rings (SSSR count). The van der Waals surface area contributed by atoms with Crippen molar-refractivity contribution in [3.8, 4) is 5.75 Å². The number of methoxy groups -OCH3 is 1. The highest BCUT2D eigenvalue weighted by molar-refractivity contribution is 7.92. The Bertz CT molecular complexity index is 1310. The minimum atomic E-state index is -4.04. The lowest BCUT2D eigenvalue weighted by atomic mass is 10.2. The minimum Gasteiger partial charge on any atom is -0.495 e. The Morgan fingerprint density at radius 2 is 1.85 bits per heavy atom. The van der Waals surface area contributed by atoms with Crippen LogP contribution >= 0.6 is 0 Å². The van der Waals surface area contributed by atoms with E-state index in [1.54, 1.807) is 0 Å². The average molecular weight is 475 g/mol. The Balaban J connectivity index is 1.84. The van der Waals surface area contributed by atoms with Crippen LogP contribution in [-0.4, -0.2) is 31.2 Å². The number of unbranched alkanes of at least 4 members (excludes halogenated alkanes) is 1. The molecule has 0 unspecified atom stereocenters. The molecular formula is C22H23FN4O5S. The first-order chi connectivity index (χ1) is 15.7. The summed E-state index contributed by atoms with van der Waals surface area (Å²) in [6.07, 6.45) is 1.61. The van der Waals surface area contributed by atoms with Crippen molar-refractivity contribution in [3.05, 3.63) is 76.5 Å². The molecule has 0 fully saturated rings. The number of nitrogens with zero attached hydrogens (tertiary/aromatic N) is 2. The zero-order chi connectivity index (χ0) is 24.0. The third-order valence-corrected chi connectivity index (χ3v) is 6.03. The van der Waals surface area contributed by atoms with Crippen LogP contribution in [0.5, 0.6) is 5.75 Å². The van der Waals surface area contributed by atoms with Crippen molar-refractivity contribution in [1.82, 2.24) is 9.78 Å². The Kier molecular flexibility index (Phi) is 7.44. The van der Waals surface area contributed by atoms with Gasteiger partial charge in [-0.05, 0) is 55.0 Å². The summed E-state index contributed by atoms with van der Waals surface area (Å²) in [5, 5.41) is 6.72. The Morgan fingerprint density at radius 3 is 2.52 bits per heavy atom. The highest BCUT2D eigenvalue weighted by Gasteiger charge is 2.18. The number of carbonyl (C=O) groups excluding carboxylic acids is 1. The number of anilines is 2. The fourth-order valence-corrected chi connectivity index (χ4v) is 3.98. The smallest absolute Gasteiger partial charge is 0.276 e. The topological polar surface area (TPSA) is 119 Å². The number of benzene rings is 2. The van der Waals surface area contributed by atoms with E-state index < -0.39 is 21.7 Å². The van der Waals surface area contributed by atoms with E-state index in [4.69, 9.17) is 4.74 Å². The van der Waals surface area contributed by atoms with E-state index in [0.29, 0.717) is 6.54 Å². The molecule has 9 nitrogen and oxygen atoms in total. The van der Waals surface area contributed by atoms with Gasteiger partial charge in [-0.1, -0.05) is 13.3 Å². The molecule has 0 saturated heterocycles. The normalized spacial score (nSPS) is 11.1. The maximum Gasteiger partial charge on any atom is 0.276 e. The van der Waals surface area contributed by atoms with Crippen molar-refractivity contribution in [1.29, 1.82) is 0 Å². The average Bonchev–Trinajstić information content (AvgIpc) is 2.78. The Morgan fingerprint density at radius 1 is 1.12 bits per heavy atom. The molecule has 11 heteroatoms. The van der Waals surface area contributed by atoms with Gasteiger partial charge in [0.25, 0.3) is 21.5 Å². The number of aryl methyl sites for hydroxylation is 1. The van der Waals surface area contributed by atoms with Gasteiger partial charge in [-0.2, -0.15) is 5.10 Å². The summed E-state index contributed by atoms with van der Waals surface area (Å²) in [4.78, 5) is 24.4. The molecule has 0 bridgehead atoms. The number of carbonyl (C=O) groups is 1. The number of halogens is 1. The van der Waals surface area contributed by atoms with Crippen molar-refractivity contribution in [2.75, 3.05) is 17.1 Å². The molecule has 2 aromatic carbocycles. The third-order valence-electron chi connectivity index (χ3n) is 4.65. The van der Waals surface area contributed by atoms with Gasteiger partial charge in [-0.15, -0.1) is 0 Å². The first-order valence-corrected chi connectivity index (χ1v) is 11.6. The molecule has 1 aromatic heterocycles. The summed E-state index contributed by atoms with van der Waals surface area (Å²) >= 11 is 0. The van der Waals surface area contributed by atoms with E-state index >= 15 is 0 Å². The molecule has 2 N–H and O–H groups in total. The van der Waals surface area contributed by atoms with Gasteiger partial charge in [0.1, 0.15) is 17.3 Å². The molecule has 0 radical (unpaired) electrons. The van der Waals surface area contributed by atoms with E-state index in [-0.39, 0.29) is 33.3 Å². The van der Waals surface area contributed by atoms with Crippen LogP contribution in [0.2, 0.25) is 0 Å². The fraction of sp³-hybridized carbons (Fsp3) is 0.227. The summed E-state index contributed by atoms with van der Waals surface area (Å²) in [6, 6.07) is 11.3. The highest BCUT2D eigenvalue weighted by Crippen LogP contribution is 2.30. The summed E-state index contributed by atoms with van der Waals surface area (Å²) < 4.78 is 47.3. The van der Waals surface area contributed by atoms with Gasteiger partial charge in [0.05, 0.1) is 17.7 Å². The molecule has 0 saturated carbocycles. The zero-order valence-electron chi connectivity index (χ0n) is 18.0. The summed E-state index contributed by atoms with van der Waals surface area (Å²) in [5.74, 6) is -0.923. The Hall–Kier alpha value is -3.73. The van der Waals surface area contributed by atoms with Crippen LogP contribution in [0, 0.1) is 5.82 Å². The fourth-order valence-electron chi connectivity index (χ4n) is 2.92. The van der Waals surface area contributed by atoms with Gasteiger partial charge >= 0.3 is 0 Å². The summed E-state index contributed by atoms with van der Waals surface area (Å²) in [5.41, 5.74) is 0.0723. The molecule has 0 atom stereocenters. The number of aromatic nitrogens is 2. The van der Waals surface area contributed by atoms with E-state index in [1.807, 2.05) is 6.92 Å². The van der Waals surface area contributed by atoms with E-state index in [1.165, 1.54) is 42.1 Å². The van der Waals surface area contributed by atoms with Gasteiger partial charge in [0.2, 0.25) is 0 Å². The van der Waals surface area contributed by atoms with Crippen LogP contribution in [0.15, 0.2) is 64.3 Å². The van der Waals surface area contributed by atoms with Gasteiger partial charge in [-0.25, -0.2) is 17.5 Å². The number of sulfonamides is 1. The van der Waals surface area contributed by atoms with Crippen LogP contribution < -0.4 is 20.3 Å². The van der Waals surface area contributed by atoms with Crippen molar-refractivity contribution in [2.45, 2.75) is 31.2 Å². The second-order valence-electron chi connectivity index (χ2n) is 7.06. The molecule has 0 aliphatic rings. The summed E-state index contributed by atoms with van der Waals surface area (Å²) in [6.45, 7) is 2.38. The van der Waals surface area contributed by atoms with Crippen LogP contribution in [-0.2, 0) is 16.6 Å². The predicted octanol–water partition coefficient (Wildman–Crippen LogP) is 3.24. The second-order valence-corrected chi connectivity index (χ2v) is 8.74. The SMILES string of the molecule is CCCCn1nc(C(=O)Nc2ccc(OC)c(NS(=O)(=O)c3ccc(F)cc3)c2)ccc1=O. The van der Waals surface area contributed by atoms with E-state index in [9.17, 15) is 22.4 Å². The van der Waals surface area contributed by atoms with Gasteiger partial charge < -0.3 is 10.1 Å². The van der Waals surface area contributed by atoms with Gasteiger partial charge in [0, 0.05) is 18.3 Å².